The van der Waals surface area contributed by atoms with E-state index < -0.39 is 0 Å². The van der Waals surface area contributed by atoms with Crippen molar-refractivity contribution in [1.82, 2.24) is 0 Å². The molecule has 17 heavy (non-hydrogen) atoms. The van der Waals surface area contributed by atoms with Crippen molar-refractivity contribution in [3.63, 3.8) is 0 Å². The second-order valence-electron chi connectivity index (χ2n) is 3.52. The number of hydrogen-bond donors (Lipinski definition) is 1. The van der Waals surface area contributed by atoms with E-state index in [1.165, 1.54) is 0 Å². The predicted octanol–water partition coefficient (Wildman–Crippen LogP) is 3.67. The maximum atomic E-state index is 5.88. The van der Waals surface area contributed by atoms with E-state index in [1.54, 1.807) is 24.3 Å². The second-order valence-corrected chi connectivity index (χ2v) is 4.33. The molecule has 0 saturated carbocycles. The molecule has 1 heterocycles. The summed E-state index contributed by atoms with van der Waals surface area (Å²) in [5.74, 6) is 1.27. The molecule has 0 saturated heterocycles. The van der Waals surface area contributed by atoms with Gasteiger partial charge in [0.1, 0.15) is 18.1 Å². The first-order valence-electron chi connectivity index (χ1n) is 5.04. The smallest absolute Gasteiger partial charge is 0.193 e. The highest BCUT2D eigenvalue weighted by Crippen LogP contribution is 2.21. The van der Waals surface area contributed by atoms with Gasteiger partial charge < -0.3 is 14.9 Å². The molecule has 0 aliphatic carbocycles. The Kier molecular flexibility index (Phi) is 3.94. The maximum Gasteiger partial charge on any atom is 0.193 e. The highest BCUT2D eigenvalue weighted by atomic mass is 35.5. The molecule has 2 N–H and O–H groups in total. The fourth-order valence-corrected chi connectivity index (χ4v) is 1.68. The third kappa shape index (κ3) is 3.40. The van der Waals surface area contributed by atoms with Crippen molar-refractivity contribution in [3.05, 3.63) is 52.4 Å². The molecular formula is C12H11Cl2NO2. The molecule has 2 rings (SSSR count). The van der Waals surface area contributed by atoms with Crippen molar-refractivity contribution in [2.24, 2.45) is 5.73 Å². The Hall–Kier alpha value is -1.16. The Morgan fingerprint density at radius 2 is 2.06 bits per heavy atom. The lowest BCUT2D eigenvalue weighted by atomic mass is 10.2. The Bertz CT molecular complexity index is 499. The SMILES string of the molecule is NC(COc1cccc(Cl)c1)c1ccc(Cl)o1. The average Bonchev–Trinajstić information content (AvgIpc) is 2.73. The third-order valence-corrected chi connectivity index (χ3v) is 2.62. The van der Waals surface area contributed by atoms with Crippen LogP contribution < -0.4 is 10.5 Å². The van der Waals surface area contributed by atoms with E-state index in [4.69, 9.17) is 38.1 Å². The Balaban J connectivity index is 1.94. The Morgan fingerprint density at radius 1 is 1.24 bits per heavy atom. The van der Waals surface area contributed by atoms with Crippen molar-refractivity contribution in [2.75, 3.05) is 6.61 Å². The highest BCUT2D eigenvalue weighted by Gasteiger charge is 2.11. The van der Waals surface area contributed by atoms with Crippen LogP contribution in [0.4, 0.5) is 0 Å². The van der Waals surface area contributed by atoms with E-state index >= 15 is 0 Å². The van der Waals surface area contributed by atoms with Gasteiger partial charge in [0.15, 0.2) is 5.22 Å². The number of nitrogens with two attached hydrogens (primary N) is 1. The number of hydrogen-bond acceptors (Lipinski definition) is 3. The molecule has 0 aliphatic rings. The summed E-state index contributed by atoms with van der Waals surface area (Å²) in [7, 11) is 0. The summed E-state index contributed by atoms with van der Waals surface area (Å²) in [5, 5.41) is 0.940. The molecule has 90 valence electrons. The van der Waals surface area contributed by atoms with Crippen molar-refractivity contribution in [1.29, 1.82) is 0 Å². The predicted molar refractivity (Wildman–Crippen MR) is 67.6 cm³/mol. The number of rotatable bonds is 4. The van der Waals surface area contributed by atoms with Gasteiger partial charge in [0.2, 0.25) is 0 Å². The van der Waals surface area contributed by atoms with Crippen LogP contribution >= 0.6 is 23.2 Å². The summed E-state index contributed by atoms with van der Waals surface area (Å²) in [6.45, 7) is 0.296. The molecule has 0 amide bonds. The van der Waals surface area contributed by atoms with Gasteiger partial charge in [-0.05, 0) is 41.9 Å². The first kappa shape index (κ1) is 12.3. The van der Waals surface area contributed by atoms with Crippen molar-refractivity contribution < 1.29 is 9.15 Å². The van der Waals surface area contributed by atoms with Crippen LogP contribution in [0.5, 0.6) is 5.75 Å². The molecule has 3 nitrogen and oxygen atoms in total. The molecule has 5 heteroatoms. The number of ether oxygens (including phenoxy) is 1. The fraction of sp³-hybridized carbons (Fsp3) is 0.167. The monoisotopic (exact) mass is 271 g/mol. The highest BCUT2D eigenvalue weighted by molar-refractivity contribution is 6.30. The van der Waals surface area contributed by atoms with Gasteiger partial charge in [-0.2, -0.15) is 0 Å². The van der Waals surface area contributed by atoms with Crippen LogP contribution in [0.1, 0.15) is 11.8 Å². The molecular weight excluding hydrogens is 261 g/mol. The molecule has 0 spiro atoms. The zero-order valence-electron chi connectivity index (χ0n) is 8.90. The van der Waals surface area contributed by atoms with Crippen molar-refractivity contribution in [3.8, 4) is 5.75 Å². The van der Waals surface area contributed by atoms with Gasteiger partial charge in [-0.1, -0.05) is 17.7 Å². The van der Waals surface area contributed by atoms with Gasteiger partial charge in [-0.25, -0.2) is 0 Å². The van der Waals surface area contributed by atoms with Gasteiger partial charge in [-0.15, -0.1) is 0 Å². The topological polar surface area (TPSA) is 48.4 Å². The van der Waals surface area contributed by atoms with Crippen LogP contribution in [0, 0.1) is 0 Å². The van der Waals surface area contributed by atoms with Crippen LogP contribution in [-0.4, -0.2) is 6.61 Å². The van der Waals surface area contributed by atoms with Crippen LogP contribution in [0.25, 0.3) is 0 Å². The molecule has 0 aliphatic heterocycles. The van der Waals surface area contributed by atoms with Gasteiger partial charge in [0.05, 0.1) is 6.04 Å². The first-order chi connectivity index (χ1) is 8.15. The summed E-state index contributed by atoms with van der Waals surface area (Å²) >= 11 is 11.5. The summed E-state index contributed by atoms with van der Waals surface area (Å²) in [6, 6.07) is 10.1. The van der Waals surface area contributed by atoms with Gasteiger partial charge in [-0.3, -0.25) is 0 Å². The lowest BCUT2D eigenvalue weighted by molar-refractivity contribution is 0.273. The van der Waals surface area contributed by atoms with E-state index in [-0.39, 0.29) is 6.04 Å². The standard InChI is InChI=1S/C12H11Cl2NO2/c13-8-2-1-3-9(6-8)16-7-10(15)11-4-5-12(14)17-11/h1-6,10H,7,15H2. The number of halogens is 2. The van der Waals surface area contributed by atoms with Gasteiger partial charge in [0.25, 0.3) is 0 Å². The minimum Gasteiger partial charge on any atom is -0.491 e. The summed E-state index contributed by atoms with van der Waals surface area (Å²) < 4.78 is 10.7. The molecule has 0 bridgehead atoms. The van der Waals surface area contributed by atoms with Crippen molar-refractivity contribution in [2.45, 2.75) is 6.04 Å². The molecule has 1 atom stereocenters. The average molecular weight is 272 g/mol. The molecule has 0 fully saturated rings. The first-order valence-corrected chi connectivity index (χ1v) is 5.80. The van der Waals surface area contributed by atoms with E-state index in [0.29, 0.717) is 28.4 Å². The Morgan fingerprint density at radius 3 is 2.71 bits per heavy atom. The largest absolute Gasteiger partial charge is 0.491 e. The quantitative estimate of drug-likeness (QED) is 0.923. The molecule has 0 radical (unpaired) electrons. The van der Waals surface area contributed by atoms with Crippen LogP contribution in [0.3, 0.4) is 0 Å². The minimum atomic E-state index is -0.360. The lowest BCUT2D eigenvalue weighted by Crippen LogP contribution is -2.18. The number of benzene rings is 1. The normalized spacial score (nSPS) is 12.4. The summed E-state index contributed by atoms with van der Waals surface area (Å²) in [5.41, 5.74) is 5.88. The van der Waals surface area contributed by atoms with Crippen LogP contribution in [0.2, 0.25) is 10.2 Å². The summed E-state index contributed by atoms with van der Waals surface area (Å²) in [6.07, 6.45) is 0. The second kappa shape index (κ2) is 5.45. The third-order valence-electron chi connectivity index (χ3n) is 2.19. The molecule has 2 aromatic rings. The van der Waals surface area contributed by atoms with Gasteiger partial charge >= 0.3 is 0 Å². The Labute approximate surface area is 109 Å². The van der Waals surface area contributed by atoms with Crippen LogP contribution in [-0.2, 0) is 0 Å². The maximum absolute atomic E-state index is 5.88. The fourth-order valence-electron chi connectivity index (χ4n) is 1.35. The minimum absolute atomic E-state index is 0.296. The molecule has 1 unspecified atom stereocenters. The molecule has 1 aromatic carbocycles. The van der Waals surface area contributed by atoms with Gasteiger partial charge in [0, 0.05) is 5.02 Å². The van der Waals surface area contributed by atoms with E-state index in [0.717, 1.165) is 0 Å². The van der Waals surface area contributed by atoms with E-state index in [9.17, 15) is 0 Å². The van der Waals surface area contributed by atoms with E-state index in [1.807, 2.05) is 12.1 Å². The zero-order chi connectivity index (χ0) is 12.3. The lowest BCUT2D eigenvalue weighted by Gasteiger charge is -2.11. The van der Waals surface area contributed by atoms with E-state index in [2.05, 4.69) is 0 Å². The zero-order valence-corrected chi connectivity index (χ0v) is 10.4. The molecule has 1 aromatic heterocycles. The van der Waals surface area contributed by atoms with Crippen molar-refractivity contribution >= 4 is 23.2 Å². The summed E-state index contributed by atoms with van der Waals surface area (Å²) in [4.78, 5) is 0. The van der Waals surface area contributed by atoms with Crippen LogP contribution in [0.15, 0.2) is 40.8 Å². The number of furan rings is 1.